The first-order valence-electron chi connectivity index (χ1n) is 8.60. The van der Waals surface area contributed by atoms with Gasteiger partial charge in [-0.15, -0.1) is 0 Å². The third kappa shape index (κ3) is 4.95. The Balaban J connectivity index is 1.60. The summed E-state index contributed by atoms with van der Waals surface area (Å²) in [5, 5.41) is 2.71. The predicted octanol–water partition coefficient (Wildman–Crippen LogP) is 1.68. The normalized spacial score (nSPS) is 11.5. The molecular formula is C20H19NO8. The molecule has 9 heteroatoms. The average Bonchev–Trinajstić information content (AvgIpc) is 3.22. The monoisotopic (exact) mass is 401 g/mol. The van der Waals surface area contributed by atoms with E-state index in [9.17, 15) is 14.4 Å². The van der Waals surface area contributed by atoms with Crippen LogP contribution in [0.1, 0.15) is 26.3 Å². The molecule has 1 aliphatic rings. The summed E-state index contributed by atoms with van der Waals surface area (Å²) in [6.07, 6.45) is 0. The van der Waals surface area contributed by atoms with E-state index in [0.29, 0.717) is 11.5 Å². The van der Waals surface area contributed by atoms with Crippen LogP contribution < -0.4 is 19.5 Å². The summed E-state index contributed by atoms with van der Waals surface area (Å²) in [5.41, 5.74) is 1.04. The molecule has 3 rings (SSSR count). The van der Waals surface area contributed by atoms with Crippen LogP contribution in [0.3, 0.4) is 0 Å². The summed E-state index contributed by atoms with van der Waals surface area (Å²) in [6.45, 7) is 0.140. The third-order valence-electron chi connectivity index (χ3n) is 4.05. The van der Waals surface area contributed by atoms with Gasteiger partial charge in [-0.1, -0.05) is 6.07 Å². The van der Waals surface area contributed by atoms with Gasteiger partial charge < -0.3 is 29.0 Å². The fraction of sp³-hybridized carbons (Fsp3) is 0.250. The van der Waals surface area contributed by atoms with E-state index < -0.39 is 11.9 Å². The first-order valence-corrected chi connectivity index (χ1v) is 8.60. The Morgan fingerprint density at radius 1 is 0.931 bits per heavy atom. The van der Waals surface area contributed by atoms with E-state index in [-0.39, 0.29) is 42.7 Å². The standard InChI is InChI=1S/C20H19NO8/c1-25-19(23)13-6-14(20(24)26-2)8-15(7-13)27-10-18(22)21-9-12-3-4-16-17(5-12)29-11-28-16/h3-8H,9-11H2,1-2H3,(H,21,22). The SMILES string of the molecule is COC(=O)c1cc(OCC(=O)NCc2ccc3c(c2)OCO3)cc(C(=O)OC)c1. The highest BCUT2D eigenvalue weighted by Crippen LogP contribution is 2.32. The van der Waals surface area contributed by atoms with E-state index in [0.717, 1.165) is 5.56 Å². The lowest BCUT2D eigenvalue weighted by Gasteiger charge is -2.10. The van der Waals surface area contributed by atoms with Crippen molar-refractivity contribution < 1.29 is 38.1 Å². The zero-order valence-electron chi connectivity index (χ0n) is 15.9. The van der Waals surface area contributed by atoms with Gasteiger partial charge in [-0.3, -0.25) is 4.79 Å². The fourth-order valence-corrected chi connectivity index (χ4v) is 2.61. The van der Waals surface area contributed by atoms with Gasteiger partial charge in [0.2, 0.25) is 6.79 Å². The summed E-state index contributed by atoms with van der Waals surface area (Å²) in [7, 11) is 2.44. The molecule has 0 saturated heterocycles. The summed E-state index contributed by atoms with van der Waals surface area (Å²) in [4.78, 5) is 35.7. The zero-order chi connectivity index (χ0) is 20.8. The van der Waals surface area contributed by atoms with E-state index in [2.05, 4.69) is 14.8 Å². The van der Waals surface area contributed by atoms with Gasteiger partial charge in [0.05, 0.1) is 25.3 Å². The van der Waals surface area contributed by atoms with Crippen LogP contribution in [0.4, 0.5) is 0 Å². The van der Waals surface area contributed by atoms with Crippen molar-refractivity contribution in [2.75, 3.05) is 27.6 Å². The number of rotatable bonds is 7. The van der Waals surface area contributed by atoms with Crippen LogP contribution in [0.2, 0.25) is 0 Å². The molecule has 0 atom stereocenters. The molecule has 0 spiro atoms. The Bertz CT molecular complexity index is 906. The van der Waals surface area contributed by atoms with E-state index >= 15 is 0 Å². The van der Waals surface area contributed by atoms with Crippen LogP contribution in [-0.4, -0.2) is 45.5 Å². The number of benzene rings is 2. The number of carbonyl (C=O) groups excluding carboxylic acids is 3. The number of fused-ring (bicyclic) bond motifs is 1. The van der Waals surface area contributed by atoms with Crippen LogP contribution >= 0.6 is 0 Å². The van der Waals surface area contributed by atoms with Gasteiger partial charge in [-0.25, -0.2) is 9.59 Å². The van der Waals surface area contributed by atoms with E-state index in [1.54, 1.807) is 12.1 Å². The van der Waals surface area contributed by atoms with Crippen LogP contribution in [0.15, 0.2) is 36.4 Å². The first-order chi connectivity index (χ1) is 14.0. The lowest BCUT2D eigenvalue weighted by Crippen LogP contribution is -2.28. The third-order valence-corrected chi connectivity index (χ3v) is 4.05. The number of nitrogens with one attached hydrogen (secondary N) is 1. The number of methoxy groups -OCH3 is 2. The molecule has 1 aliphatic heterocycles. The smallest absolute Gasteiger partial charge is 0.338 e. The minimum absolute atomic E-state index is 0.103. The van der Waals surface area contributed by atoms with Crippen molar-refractivity contribution in [3.8, 4) is 17.2 Å². The number of esters is 2. The number of hydrogen-bond donors (Lipinski definition) is 1. The first kappa shape index (κ1) is 20.0. The lowest BCUT2D eigenvalue weighted by molar-refractivity contribution is -0.123. The van der Waals surface area contributed by atoms with Gasteiger partial charge in [-0.05, 0) is 35.9 Å². The minimum Gasteiger partial charge on any atom is -0.484 e. The number of ether oxygens (including phenoxy) is 5. The Labute approximate surface area is 166 Å². The van der Waals surface area contributed by atoms with Gasteiger partial charge in [0.15, 0.2) is 18.1 Å². The highest BCUT2D eigenvalue weighted by Gasteiger charge is 2.16. The Morgan fingerprint density at radius 2 is 1.59 bits per heavy atom. The summed E-state index contributed by atoms with van der Waals surface area (Å²) < 4.78 is 25.3. The van der Waals surface area contributed by atoms with Crippen molar-refractivity contribution >= 4 is 17.8 Å². The van der Waals surface area contributed by atoms with Crippen molar-refractivity contribution in [3.05, 3.63) is 53.1 Å². The van der Waals surface area contributed by atoms with Crippen molar-refractivity contribution in [1.82, 2.24) is 5.32 Å². The van der Waals surface area contributed by atoms with E-state index in [1.165, 1.54) is 32.4 Å². The molecule has 0 radical (unpaired) electrons. The van der Waals surface area contributed by atoms with Gasteiger partial charge in [0.1, 0.15) is 5.75 Å². The van der Waals surface area contributed by atoms with Crippen molar-refractivity contribution in [2.24, 2.45) is 0 Å². The molecule has 9 nitrogen and oxygen atoms in total. The second-order valence-electron chi connectivity index (χ2n) is 5.98. The molecule has 0 unspecified atom stereocenters. The second-order valence-corrected chi connectivity index (χ2v) is 5.98. The minimum atomic E-state index is -0.645. The molecule has 0 aromatic heterocycles. The lowest BCUT2D eigenvalue weighted by atomic mass is 10.1. The van der Waals surface area contributed by atoms with Gasteiger partial charge in [-0.2, -0.15) is 0 Å². The molecule has 0 bridgehead atoms. The summed E-state index contributed by atoms with van der Waals surface area (Å²) in [6, 6.07) is 9.45. The molecule has 0 aliphatic carbocycles. The number of amides is 1. The highest BCUT2D eigenvalue weighted by atomic mass is 16.7. The Kier molecular flexibility index (Phi) is 6.18. The Hall–Kier alpha value is -3.75. The van der Waals surface area contributed by atoms with Gasteiger partial charge >= 0.3 is 11.9 Å². The molecule has 152 valence electrons. The average molecular weight is 401 g/mol. The maximum absolute atomic E-state index is 12.1. The molecule has 1 N–H and O–H groups in total. The molecule has 2 aromatic rings. The van der Waals surface area contributed by atoms with Gasteiger partial charge in [0.25, 0.3) is 5.91 Å². The summed E-state index contributed by atoms with van der Waals surface area (Å²) >= 11 is 0. The molecule has 2 aromatic carbocycles. The van der Waals surface area contributed by atoms with Crippen LogP contribution in [0, 0.1) is 0 Å². The molecular weight excluding hydrogens is 382 g/mol. The second kappa shape index (κ2) is 8.96. The zero-order valence-corrected chi connectivity index (χ0v) is 15.9. The van der Waals surface area contributed by atoms with Gasteiger partial charge in [0, 0.05) is 6.54 Å². The quantitative estimate of drug-likeness (QED) is 0.698. The highest BCUT2D eigenvalue weighted by molar-refractivity contribution is 5.96. The van der Waals surface area contributed by atoms with Crippen LogP contribution in [-0.2, 0) is 20.8 Å². The maximum Gasteiger partial charge on any atom is 0.338 e. The fourth-order valence-electron chi connectivity index (χ4n) is 2.61. The molecule has 1 heterocycles. The maximum atomic E-state index is 12.1. The topological polar surface area (TPSA) is 109 Å². The van der Waals surface area contributed by atoms with E-state index in [4.69, 9.17) is 14.2 Å². The molecule has 1 amide bonds. The number of hydrogen-bond acceptors (Lipinski definition) is 8. The van der Waals surface area contributed by atoms with Crippen molar-refractivity contribution in [2.45, 2.75) is 6.54 Å². The molecule has 29 heavy (non-hydrogen) atoms. The summed E-state index contributed by atoms with van der Waals surface area (Å²) in [5.74, 6) is -0.226. The Morgan fingerprint density at radius 3 is 2.24 bits per heavy atom. The number of carbonyl (C=O) groups is 3. The van der Waals surface area contributed by atoms with E-state index in [1.807, 2.05) is 6.07 Å². The van der Waals surface area contributed by atoms with Crippen LogP contribution in [0.25, 0.3) is 0 Å². The molecule has 0 fully saturated rings. The predicted molar refractivity (Wildman–Crippen MR) is 99.0 cm³/mol. The van der Waals surface area contributed by atoms with Crippen molar-refractivity contribution in [3.63, 3.8) is 0 Å². The van der Waals surface area contributed by atoms with Crippen LogP contribution in [0.5, 0.6) is 17.2 Å². The van der Waals surface area contributed by atoms with Crippen molar-refractivity contribution in [1.29, 1.82) is 0 Å². The molecule has 0 saturated carbocycles. The largest absolute Gasteiger partial charge is 0.484 e.